The Morgan fingerprint density at radius 3 is 2.95 bits per heavy atom. The Balaban J connectivity index is 1.64. The third-order valence-electron chi connectivity index (χ3n) is 3.03. The molecule has 0 atom stereocenters. The van der Waals surface area contributed by atoms with E-state index in [1.165, 1.54) is 15.8 Å². The van der Waals surface area contributed by atoms with E-state index in [1.54, 1.807) is 0 Å². The number of fused-ring (bicyclic) bond motifs is 1. The van der Waals surface area contributed by atoms with Gasteiger partial charge < -0.3 is 5.32 Å². The summed E-state index contributed by atoms with van der Waals surface area (Å²) in [6.07, 6.45) is 0.960. The van der Waals surface area contributed by atoms with E-state index in [9.17, 15) is 0 Å². The molecule has 0 aliphatic heterocycles. The first-order chi connectivity index (χ1) is 9.33. The number of benzene rings is 1. The van der Waals surface area contributed by atoms with Crippen molar-refractivity contribution in [2.75, 3.05) is 11.9 Å². The zero-order chi connectivity index (χ0) is 13.1. The fourth-order valence-electron chi connectivity index (χ4n) is 1.96. The Morgan fingerprint density at radius 2 is 2.05 bits per heavy atom. The molecule has 19 heavy (non-hydrogen) atoms. The van der Waals surface area contributed by atoms with E-state index in [0.717, 1.165) is 18.8 Å². The summed E-state index contributed by atoms with van der Waals surface area (Å²) in [5.74, 6) is 0.772. The molecule has 2 aromatic heterocycles. The molecule has 3 rings (SSSR count). The zero-order valence-electron chi connectivity index (χ0n) is 10.6. The van der Waals surface area contributed by atoms with Crippen molar-refractivity contribution in [1.82, 2.24) is 25.3 Å². The molecule has 0 aliphatic rings. The van der Waals surface area contributed by atoms with Crippen LogP contribution < -0.4 is 5.32 Å². The molecular weight excluding hydrogens is 240 g/mol. The number of rotatable bonds is 4. The van der Waals surface area contributed by atoms with Gasteiger partial charge in [0, 0.05) is 6.54 Å². The van der Waals surface area contributed by atoms with Gasteiger partial charge in [-0.05, 0) is 47.0 Å². The largest absolute Gasteiger partial charge is 0.368 e. The van der Waals surface area contributed by atoms with Crippen LogP contribution in [0.25, 0.3) is 5.65 Å². The van der Waals surface area contributed by atoms with Crippen LogP contribution in [0.15, 0.2) is 36.4 Å². The van der Waals surface area contributed by atoms with Crippen molar-refractivity contribution in [2.45, 2.75) is 13.3 Å². The normalized spacial score (nSPS) is 10.8. The number of hydrogen-bond acceptors (Lipinski definition) is 5. The number of nitrogens with one attached hydrogen (secondary N) is 1. The highest BCUT2D eigenvalue weighted by atomic mass is 15.6. The maximum absolute atomic E-state index is 4.26. The Hall–Kier alpha value is -2.50. The van der Waals surface area contributed by atoms with E-state index < -0.39 is 0 Å². The lowest BCUT2D eigenvalue weighted by molar-refractivity contribution is 0.733. The summed E-state index contributed by atoms with van der Waals surface area (Å²) in [6.45, 7) is 2.95. The van der Waals surface area contributed by atoms with Gasteiger partial charge >= 0.3 is 0 Å². The van der Waals surface area contributed by atoms with Crippen LogP contribution in [-0.2, 0) is 6.42 Å². The highest BCUT2D eigenvalue weighted by Gasteiger charge is 2.01. The molecule has 0 saturated heterocycles. The second-order valence-electron chi connectivity index (χ2n) is 4.35. The van der Waals surface area contributed by atoms with Crippen molar-refractivity contribution >= 4 is 11.5 Å². The van der Waals surface area contributed by atoms with E-state index in [2.05, 4.69) is 57.1 Å². The minimum Gasteiger partial charge on any atom is -0.368 e. The van der Waals surface area contributed by atoms with Crippen LogP contribution in [0.4, 0.5) is 5.82 Å². The SMILES string of the molecule is Cc1ccccc1CCNc1ccc2nnnn2n1. The number of nitrogens with zero attached hydrogens (tertiary/aromatic N) is 5. The quantitative estimate of drug-likeness (QED) is 0.763. The second kappa shape index (κ2) is 5.01. The first-order valence-electron chi connectivity index (χ1n) is 6.17. The van der Waals surface area contributed by atoms with Gasteiger partial charge in [-0.2, -0.15) is 0 Å². The molecule has 1 aromatic carbocycles. The Bertz CT molecular complexity index is 690. The number of tetrazole rings is 1. The first-order valence-corrected chi connectivity index (χ1v) is 6.17. The summed E-state index contributed by atoms with van der Waals surface area (Å²) in [6, 6.07) is 12.1. The topological polar surface area (TPSA) is 68.0 Å². The molecule has 0 amide bonds. The standard InChI is InChI=1S/C13H14N6/c1-10-4-2-3-5-11(10)8-9-14-12-6-7-13-15-17-18-19(13)16-12/h2-7H,8-9H2,1H3,(H,14,16). The molecule has 3 aromatic rings. The third-order valence-corrected chi connectivity index (χ3v) is 3.03. The third kappa shape index (κ3) is 2.52. The van der Waals surface area contributed by atoms with Crippen molar-refractivity contribution in [3.05, 3.63) is 47.5 Å². The molecule has 0 radical (unpaired) electrons. The van der Waals surface area contributed by atoms with Gasteiger partial charge in [-0.1, -0.05) is 24.3 Å². The average Bonchev–Trinajstić information content (AvgIpc) is 2.88. The van der Waals surface area contributed by atoms with Crippen LogP contribution in [0.3, 0.4) is 0 Å². The summed E-state index contributed by atoms with van der Waals surface area (Å²) in [5.41, 5.74) is 3.30. The van der Waals surface area contributed by atoms with Crippen molar-refractivity contribution in [3.8, 4) is 0 Å². The molecule has 0 unspecified atom stereocenters. The Morgan fingerprint density at radius 1 is 1.16 bits per heavy atom. The molecule has 96 valence electrons. The Kier molecular flexibility index (Phi) is 3.06. The van der Waals surface area contributed by atoms with Crippen LogP contribution in [0.2, 0.25) is 0 Å². The molecule has 2 heterocycles. The first kappa shape index (κ1) is 11.6. The average molecular weight is 254 g/mol. The highest BCUT2D eigenvalue weighted by molar-refractivity contribution is 5.42. The van der Waals surface area contributed by atoms with Crippen LogP contribution in [0.1, 0.15) is 11.1 Å². The van der Waals surface area contributed by atoms with Gasteiger partial charge in [0.05, 0.1) is 0 Å². The maximum atomic E-state index is 4.26. The molecule has 6 heteroatoms. The van der Waals surface area contributed by atoms with Gasteiger partial charge in [-0.3, -0.25) is 0 Å². The summed E-state index contributed by atoms with van der Waals surface area (Å²) >= 11 is 0. The van der Waals surface area contributed by atoms with Crippen LogP contribution in [-0.4, -0.2) is 31.8 Å². The van der Waals surface area contributed by atoms with Gasteiger partial charge in [0.2, 0.25) is 0 Å². The lowest BCUT2D eigenvalue weighted by Crippen LogP contribution is -2.09. The number of aromatic nitrogens is 5. The molecule has 1 N–H and O–H groups in total. The number of aryl methyl sites for hydroxylation is 1. The van der Waals surface area contributed by atoms with Crippen molar-refractivity contribution in [3.63, 3.8) is 0 Å². The molecule has 0 fully saturated rings. The maximum Gasteiger partial charge on any atom is 0.200 e. The monoisotopic (exact) mass is 254 g/mol. The van der Waals surface area contributed by atoms with Gasteiger partial charge in [-0.25, -0.2) is 0 Å². The van der Waals surface area contributed by atoms with E-state index in [4.69, 9.17) is 0 Å². The van der Waals surface area contributed by atoms with Gasteiger partial charge in [-0.15, -0.1) is 14.8 Å². The predicted molar refractivity (Wildman–Crippen MR) is 71.9 cm³/mol. The van der Waals surface area contributed by atoms with Crippen molar-refractivity contribution in [1.29, 1.82) is 0 Å². The van der Waals surface area contributed by atoms with E-state index >= 15 is 0 Å². The molecule has 6 nitrogen and oxygen atoms in total. The van der Waals surface area contributed by atoms with Crippen molar-refractivity contribution in [2.24, 2.45) is 0 Å². The van der Waals surface area contributed by atoms with Crippen LogP contribution in [0, 0.1) is 6.92 Å². The molecule has 0 saturated carbocycles. The van der Waals surface area contributed by atoms with Gasteiger partial charge in [0.15, 0.2) is 5.65 Å². The highest BCUT2D eigenvalue weighted by Crippen LogP contribution is 2.08. The Labute approximate surface area is 110 Å². The molecule has 0 spiro atoms. The van der Waals surface area contributed by atoms with Crippen LogP contribution >= 0.6 is 0 Å². The lowest BCUT2D eigenvalue weighted by Gasteiger charge is -2.07. The zero-order valence-corrected chi connectivity index (χ0v) is 10.6. The van der Waals surface area contributed by atoms with E-state index in [-0.39, 0.29) is 0 Å². The second-order valence-corrected chi connectivity index (χ2v) is 4.35. The van der Waals surface area contributed by atoms with E-state index in [0.29, 0.717) is 5.65 Å². The molecule has 0 aliphatic carbocycles. The van der Waals surface area contributed by atoms with Gasteiger partial charge in [0.25, 0.3) is 0 Å². The minimum absolute atomic E-state index is 0.643. The fraction of sp³-hybridized carbons (Fsp3) is 0.231. The summed E-state index contributed by atoms with van der Waals surface area (Å²) < 4.78 is 1.41. The summed E-state index contributed by atoms with van der Waals surface area (Å²) in [5, 5.41) is 18.7. The van der Waals surface area contributed by atoms with E-state index in [1.807, 2.05) is 12.1 Å². The molecular formula is C13H14N6. The van der Waals surface area contributed by atoms with Crippen LogP contribution in [0.5, 0.6) is 0 Å². The minimum atomic E-state index is 0.643. The van der Waals surface area contributed by atoms with Crippen molar-refractivity contribution < 1.29 is 0 Å². The fourth-order valence-corrected chi connectivity index (χ4v) is 1.96. The molecule has 0 bridgehead atoms. The summed E-state index contributed by atoms with van der Waals surface area (Å²) in [7, 11) is 0. The number of anilines is 1. The van der Waals surface area contributed by atoms with Gasteiger partial charge in [0.1, 0.15) is 5.82 Å². The smallest absolute Gasteiger partial charge is 0.200 e. The number of hydrogen-bond donors (Lipinski definition) is 1. The predicted octanol–water partition coefficient (Wildman–Crippen LogP) is 1.48. The summed E-state index contributed by atoms with van der Waals surface area (Å²) in [4.78, 5) is 0. The lowest BCUT2D eigenvalue weighted by atomic mass is 10.1.